The van der Waals surface area contributed by atoms with E-state index >= 15 is 0 Å². The number of benzene rings is 11. The van der Waals surface area contributed by atoms with Crippen molar-refractivity contribution in [3.63, 3.8) is 0 Å². The van der Waals surface area contributed by atoms with Gasteiger partial charge in [-0.1, -0.05) is 239 Å². The summed E-state index contributed by atoms with van der Waals surface area (Å²) in [5, 5.41) is 15.4. The summed E-state index contributed by atoms with van der Waals surface area (Å²) in [6.45, 7) is 9.23. The molecule has 71 heavy (non-hydrogen) atoms. The second kappa shape index (κ2) is 18.9. The van der Waals surface area contributed by atoms with Crippen LogP contribution in [0.5, 0.6) is 0 Å². The second-order valence-corrected chi connectivity index (χ2v) is 20.6. The second-order valence-electron chi connectivity index (χ2n) is 20.6. The lowest BCUT2D eigenvalue weighted by Crippen LogP contribution is -2.13. The predicted octanol–water partition coefficient (Wildman–Crippen LogP) is 20.0. The van der Waals surface area contributed by atoms with Gasteiger partial charge in [0.2, 0.25) is 0 Å². The van der Waals surface area contributed by atoms with Gasteiger partial charge in [-0.15, -0.1) is 0 Å². The molecule has 1 heteroatoms. The monoisotopic (exact) mass is 915 g/mol. The average molecular weight is 916 g/mol. The minimum Gasteiger partial charge on any atom is -0.309 e. The van der Waals surface area contributed by atoms with E-state index in [2.05, 4.69) is 251 Å². The van der Waals surface area contributed by atoms with Crippen molar-refractivity contribution in [2.75, 3.05) is 4.90 Å². The molecule has 0 saturated heterocycles. The maximum absolute atomic E-state index is 2.54. The van der Waals surface area contributed by atoms with Crippen molar-refractivity contribution in [3.05, 3.63) is 246 Å². The topological polar surface area (TPSA) is 3.24 Å². The van der Waals surface area contributed by atoms with E-state index in [0.717, 1.165) is 37.8 Å². The molecule has 0 aliphatic heterocycles. The summed E-state index contributed by atoms with van der Waals surface area (Å²) in [7, 11) is 0. The van der Waals surface area contributed by atoms with Crippen LogP contribution >= 0.6 is 0 Å². The van der Waals surface area contributed by atoms with Gasteiger partial charge in [0.15, 0.2) is 0 Å². The third-order valence-electron chi connectivity index (χ3n) is 15.8. The number of hydrogen-bond donors (Lipinski definition) is 0. The Morgan fingerprint density at radius 1 is 0.394 bits per heavy atom. The molecule has 11 aromatic carbocycles. The van der Waals surface area contributed by atoms with Crippen LogP contribution in [0.4, 0.5) is 17.1 Å². The Morgan fingerprint density at radius 3 is 1.39 bits per heavy atom. The van der Waals surface area contributed by atoms with E-state index in [1.807, 2.05) is 0 Å². The van der Waals surface area contributed by atoms with Gasteiger partial charge in [-0.3, -0.25) is 0 Å². The zero-order valence-corrected chi connectivity index (χ0v) is 41.5. The first kappa shape index (κ1) is 44.5. The predicted molar refractivity (Wildman–Crippen MR) is 308 cm³/mol. The highest BCUT2D eigenvalue weighted by molar-refractivity contribution is 6.28. The van der Waals surface area contributed by atoms with Crippen LogP contribution in [0.15, 0.2) is 230 Å². The smallest absolute Gasteiger partial charge is 0.0619 e. The third-order valence-corrected chi connectivity index (χ3v) is 15.8. The van der Waals surface area contributed by atoms with Crippen molar-refractivity contribution in [2.24, 2.45) is 11.8 Å². The fourth-order valence-corrected chi connectivity index (χ4v) is 12.1. The van der Waals surface area contributed by atoms with Crippen LogP contribution in [0.3, 0.4) is 0 Å². The standard InChI is InChI=1S/C70H61N/c1-46(2)48-35-37-50(38-36-48)53(45-54-23-17-21-51-19-5-7-24-56(51)54)41-44-60-58-26-9-11-28-61(58)68(62-29-12-10-27-59(60)62)69-63-30-13-15-32-65(63)70(66-33-16-14-31-64(66)69)71(55-42-39-49(40-43-55)47(3)4)67-34-18-22-52-20-6-8-25-57(52)67/h5-35,37,39-40,42-43,46-47,53H,36,38,41,44-45H2,1-4H3. The molecular formula is C70H61N. The lowest BCUT2D eigenvalue weighted by atomic mass is 9.78. The molecule has 1 unspecified atom stereocenters. The number of allylic oxidation sites excluding steroid dienone is 4. The Morgan fingerprint density at radius 2 is 0.845 bits per heavy atom. The van der Waals surface area contributed by atoms with Crippen LogP contribution < -0.4 is 4.90 Å². The molecule has 0 radical (unpaired) electrons. The fourth-order valence-electron chi connectivity index (χ4n) is 12.1. The zero-order valence-electron chi connectivity index (χ0n) is 41.5. The number of anilines is 3. The first-order chi connectivity index (χ1) is 34.9. The Bertz CT molecular complexity index is 3740. The number of aryl methyl sites for hydroxylation is 1. The van der Waals surface area contributed by atoms with Crippen molar-refractivity contribution in [2.45, 2.75) is 65.7 Å². The van der Waals surface area contributed by atoms with Gasteiger partial charge in [-0.05, 0) is 144 Å². The third kappa shape index (κ3) is 8.08. The summed E-state index contributed by atoms with van der Waals surface area (Å²) >= 11 is 0. The molecule has 0 fully saturated rings. The minimum absolute atomic E-state index is 0.426. The van der Waals surface area contributed by atoms with E-state index in [0.29, 0.717) is 17.8 Å². The molecular weight excluding hydrogens is 855 g/mol. The fraction of sp³-hybridized carbons (Fsp3) is 0.171. The molecule has 1 aliphatic carbocycles. The molecule has 0 saturated carbocycles. The quantitative estimate of drug-likeness (QED) is 0.110. The molecule has 0 heterocycles. The normalized spacial score (nSPS) is 13.5. The van der Waals surface area contributed by atoms with Crippen LogP contribution in [0.1, 0.15) is 69.6 Å². The van der Waals surface area contributed by atoms with Crippen LogP contribution in [0, 0.1) is 11.8 Å². The Kier molecular flexibility index (Phi) is 11.8. The zero-order chi connectivity index (χ0) is 48.0. The van der Waals surface area contributed by atoms with Gasteiger partial charge in [0, 0.05) is 21.8 Å². The Balaban J connectivity index is 1.06. The molecule has 1 aliphatic rings. The highest BCUT2D eigenvalue weighted by Crippen LogP contribution is 2.52. The van der Waals surface area contributed by atoms with Crippen molar-refractivity contribution < 1.29 is 0 Å². The molecule has 0 N–H and O–H groups in total. The molecule has 1 atom stereocenters. The molecule has 0 aromatic heterocycles. The summed E-state index contributed by atoms with van der Waals surface area (Å²) < 4.78 is 0. The summed E-state index contributed by atoms with van der Waals surface area (Å²) in [6.07, 6.45) is 10.3. The lowest BCUT2D eigenvalue weighted by molar-refractivity contribution is 0.531. The van der Waals surface area contributed by atoms with Crippen LogP contribution in [0.2, 0.25) is 0 Å². The van der Waals surface area contributed by atoms with Gasteiger partial charge >= 0.3 is 0 Å². The van der Waals surface area contributed by atoms with E-state index in [1.54, 1.807) is 11.1 Å². The Labute approximate surface area is 419 Å². The lowest BCUT2D eigenvalue weighted by Gasteiger charge is -2.31. The largest absolute Gasteiger partial charge is 0.309 e. The molecule has 0 amide bonds. The van der Waals surface area contributed by atoms with Gasteiger partial charge < -0.3 is 4.90 Å². The average Bonchev–Trinajstić information content (AvgIpc) is 3.42. The number of nitrogens with zero attached hydrogens (tertiary/aromatic N) is 1. The molecule has 12 rings (SSSR count). The molecule has 11 aromatic rings. The van der Waals surface area contributed by atoms with E-state index < -0.39 is 0 Å². The van der Waals surface area contributed by atoms with Gasteiger partial charge in [0.05, 0.1) is 11.4 Å². The maximum atomic E-state index is 2.54. The molecule has 0 bridgehead atoms. The molecule has 0 spiro atoms. The minimum atomic E-state index is 0.426. The highest BCUT2D eigenvalue weighted by Gasteiger charge is 2.27. The van der Waals surface area contributed by atoms with E-state index in [1.165, 1.54) is 104 Å². The van der Waals surface area contributed by atoms with Crippen LogP contribution in [-0.2, 0) is 12.8 Å². The van der Waals surface area contributed by atoms with Gasteiger partial charge in [0.25, 0.3) is 0 Å². The highest BCUT2D eigenvalue weighted by atomic mass is 15.1. The molecule has 1 nitrogen and oxygen atoms in total. The summed E-state index contributed by atoms with van der Waals surface area (Å²) in [6, 6.07) is 77.7. The first-order valence-corrected chi connectivity index (χ1v) is 26.0. The van der Waals surface area contributed by atoms with E-state index in [-0.39, 0.29) is 0 Å². The van der Waals surface area contributed by atoms with Crippen LogP contribution in [-0.4, -0.2) is 0 Å². The first-order valence-electron chi connectivity index (χ1n) is 26.0. The molecule has 346 valence electrons. The maximum Gasteiger partial charge on any atom is 0.0619 e. The number of fused-ring (bicyclic) bond motifs is 6. The van der Waals surface area contributed by atoms with Gasteiger partial charge in [0.1, 0.15) is 0 Å². The van der Waals surface area contributed by atoms with Crippen molar-refractivity contribution >= 4 is 81.7 Å². The number of rotatable bonds is 12. The Hall–Kier alpha value is -7.74. The summed E-state index contributed by atoms with van der Waals surface area (Å²) in [5.41, 5.74) is 13.5. The van der Waals surface area contributed by atoms with E-state index in [4.69, 9.17) is 0 Å². The van der Waals surface area contributed by atoms with Gasteiger partial charge in [-0.2, -0.15) is 0 Å². The van der Waals surface area contributed by atoms with Gasteiger partial charge in [-0.25, -0.2) is 0 Å². The SMILES string of the molecule is CC(C)C1=CC=C(C(CCc2c3ccccc3c(-c3c4ccccc4c(N(c4ccc(C(C)C)cc4)c4cccc5ccccc45)c4ccccc34)c3ccccc23)Cc2cccc3ccccc23)CC1. The van der Waals surface area contributed by atoms with Crippen molar-refractivity contribution in [1.29, 1.82) is 0 Å². The van der Waals surface area contributed by atoms with Crippen molar-refractivity contribution in [1.82, 2.24) is 0 Å². The number of hydrogen-bond acceptors (Lipinski definition) is 1. The summed E-state index contributed by atoms with van der Waals surface area (Å²) in [4.78, 5) is 2.54. The summed E-state index contributed by atoms with van der Waals surface area (Å²) in [5.74, 6) is 1.44. The van der Waals surface area contributed by atoms with E-state index in [9.17, 15) is 0 Å². The van der Waals surface area contributed by atoms with Crippen molar-refractivity contribution in [3.8, 4) is 11.1 Å². The van der Waals surface area contributed by atoms with Crippen LogP contribution in [0.25, 0.3) is 75.8 Å².